The second-order valence-corrected chi connectivity index (χ2v) is 6.94. The van der Waals surface area contributed by atoms with Crippen LogP contribution in [0.3, 0.4) is 0 Å². The molecule has 2 aromatic carbocycles. The van der Waals surface area contributed by atoms with Gasteiger partial charge >= 0.3 is 0 Å². The first-order valence-corrected chi connectivity index (χ1v) is 9.29. The molecule has 2 heterocycles. The number of methoxy groups -OCH3 is 1. The van der Waals surface area contributed by atoms with Crippen molar-refractivity contribution in [2.45, 2.75) is 18.8 Å². The number of hydrogen-bond acceptors (Lipinski definition) is 3. The van der Waals surface area contributed by atoms with E-state index in [0.717, 1.165) is 59.3 Å². The number of rotatable bonds is 3. The smallest absolute Gasteiger partial charge is 0.173 e. The number of aromatic nitrogens is 2. The standard InChI is InChI=1S/C20H22N4OS/c1-25-18-11-5-4-10-17(18)23-20(26)24-12-6-7-14(13-24)19-21-15-8-2-3-9-16(15)22-19/h2-5,8-11,14H,6-7,12-13H2,1H3,(H,21,22)(H,23,26)/t14-/m0/s1. The predicted octanol–water partition coefficient (Wildman–Crippen LogP) is 4.15. The van der Waals surface area contributed by atoms with Crippen molar-refractivity contribution in [3.05, 3.63) is 54.4 Å². The zero-order valence-corrected chi connectivity index (χ0v) is 15.6. The fourth-order valence-corrected chi connectivity index (χ4v) is 3.77. The molecule has 5 nitrogen and oxygen atoms in total. The van der Waals surface area contributed by atoms with Gasteiger partial charge in [-0.1, -0.05) is 24.3 Å². The minimum Gasteiger partial charge on any atom is -0.495 e. The van der Waals surface area contributed by atoms with Crippen molar-refractivity contribution in [2.75, 3.05) is 25.5 Å². The Balaban J connectivity index is 1.48. The van der Waals surface area contributed by atoms with Crippen LogP contribution in [-0.2, 0) is 0 Å². The molecule has 1 fully saturated rings. The summed E-state index contributed by atoms with van der Waals surface area (Å²) in [6, 6.07) is 16.0. The van der Waals surface area contributed by atoms with Gasteiger partial charge in [0, 0.05) is 19.0 Å². The summed E-state index contributed by atoms with van der Waals surface area (Å²) in [6.45, 7) is 1.82. The highest BCUT2D eigenvalue weighted by Gasteiger charge is 2.25. The van der Waals surface area contributed by atoms with Gasteiger partial charge in [-0.05, 0) is 49.3 Å². The highest BCUT2D eigenvalue weighted by atomic mass is 32.1. The van der Waals surface area contributed by atoms with Crippen molar-refractivity contribution < 1.29 is 4.74 Å². The molecule has 1 aliphatic rings. The van der Waals surface area contributed by atoms with Gasteiger partial charge in [0.05, 0.1) is 23.8 Å². The first-order chi connectivity index (χ1) is 12.7. The van der Waals surface area contributed by atoms with Crippen molar-refractivity contribution in [2.24, 2.45) is 0 Å². The van der Waals surface area contributed by atoms with Crippen molar-refractivity contribution in [1.82, 2.24) is 14.9 Å². The Kier molecular flexibility index (Phi) is 4.75. The van der Waals surface area contributed by atoms with Crippen LogP contribution in [0.25, 0.3) is 11.0 Å². The second kappa shape index (κ2) is 7.33. The molecule has 1 atom stereocenters. The van der Waals surface area contributed by atoms with E-state index >= 15 is 0 Å². The molecule has 6 heteroatoms. The number of likely N-dealkylation sites (tertiary alicyclic amines) is 1. The van der Waals surface area contributed by atoms with Gasteiger partial charge in [0.25, 0.3) is 0 Å². The maximum atomic E-state index is 5.66. The fraction of sp³-hybridized carbons (Fsp3) is 0.300. The van der Waals surface area contributed by atoms with Crippen LogP contribution in [0, 0.1) is 0 Å². The van der Waals surface area contributed by atoms with Crippen LogP contribution in [0.5, 0.6) is 5.75 Å². The maximum Gasteiger partial charge on any atom is 0.173 e. The Morgan fingerprint density at radius 1 is 1.23 bits per heavy atom. The van der Waals surface area contributed by atoms with Gasteiger partial charge in [-0.3, -0.25) is 0 Å². The molecule has 0 aliphatic carbocycles. The minimum absolute atomic E-state index is 0.355. The minimum atomic E-state index is 0.355. The number of anilines is 1. The van der Waals surface area contributed by atoms with Crippen LogP contribution in [0.4, 0.5) is 5.69 Å². The third-order valence-corrected chi connectivity index (χ3v) is 5.21. The van der Waals surface area contributed by atoms with Gasteiger partial charge in [-0.15, -0.1) is 0 Å². The van der Waals surface area contributed by atoms with Gasteiger partial charge < -0.3 is 19.9 Å². The molecule has 0 radical (unpaired) electrons. The van der Waals surface area contributed by atoms with Gasteiger partial charge in [0.1, 0.15) is 11.6 Å². The summed E-state index contributed by atoms with van der Waals surface area (Å²) in [6.07, 6.45) is 2.21. The summed E-state index contributed by atoms with van der Waals surface area (Å²) >= 11 is 5.66. The number of aromatic amines is 1. The number of ether oxygens (including phenoxy) is 1. The Morgan fingerprint density at radius 2 is 2.04 bits per heavy atom. The van der Waals surface area contributed by atoms with Gasteiger partial charge in [0.2, 0.25) is 0 Å². The lowest BCUT2D eigenvalue weighted by Crippen LogP contribution is -2.41. The number of fused-ring (bicyclic) bond motifs is 1. The van der Waals surface area contributed by atoms with E-state index in [-0.39, 0.29) is 0 Å². The average Bonchev–Trinajstić information content (AvgIpc) is 3.13. The molecule has 0 unspecified atom stereocenters. The molecule has 1 aliphatic heterocycles. The highest BCUT2D eigenvalue weighted by molar-refractivity contribution is 7.80. The monoisotopic (exact) mass is 366 g/mol. The number of thiocarbonyl (C=S) groups is 1. The molecule has 0 saturated carbocycles. The lowest BCUT2D eigenvalue weighted by molar-refractivity contribution is 0.306. The van der Waals surface area contributed by atoms with E-state index in [0.29, 0.717) is 5.92 Å². The lowest BCUT2D eigenvalue weighted by Gasteiger charge is -2.34. The Morgan fingerprint density at radius 3 is 2.88 bits per heavy atom. The van der Waals surface area contributed by atoms with E-state index in [1.165, 1.54) is 0 Å². The Bertz CT molecular complexity index is 890. The second-order valence-electron chi connectivity index (χ2n) is 6.55. The van der Waals surface area contributed by atoms with Crippen molar-refractivity contribution >= 4 is 34.1 Å². The van der Waals surface area contributed by atoms with Crippen LogP contribution >= 0.6 is 12.2 Å². The Labute approximate surface area is 158 Å². The number of piperidine rings is 1. The molecule has 0 bridgehead atoms. The predicted molar refractivity (Wildman–Crippen MR) is 109 cm³/mol. The third kappa shape index (κ3) is 3.37. The lowest BCUT2D eigenvalue weighted by atomic mass is 9.98. The normalized spacial score (nSPS) is 17.3. The van der Waals surface area contributed by atoms with Gasteiger partial charge in [0.15, 0.2) is 5.11 Å². The first kappa shape index (κ1) is 16.8. The molecule has 4 rings (SSSR count). The topological polar surface area (TPSA) is 53.2 Å². The largest absolute Gasteiger partial charge is 0.495 e. The summed E-state index contributed by atoms with van der Waals surface area (Å²) in [5.41, 5.74) is 3.01. The van der Waals surface area contributed by atoms with Crippen LogP contribution in [0.1, 0.15) is 24.6 Å². The maximum absolute atomic E-state index is 5.66. The number of benzene rings is 2. The van der Waals surface area contributed by atoms with E-state index in [1.54, 1.807) is 7.11 Å². The summed E-state index contributed by atoms with van der Waals surface area (Å²) in [5.74, 6) is 2.20. The first-order valence-electron chi connectivity index (χ1n) is 8.88. The molecule has 1 aromatic heterocycles. The summed E-state index contributed by atoms with van der Waals surface area (Å²) in [7, 11) is 1.67. The summed E-state index contributed by atoms with van der Waals surface area (Å²) in [5, 5.41) is 4.06. The van der Waals surface area contributed by atoms with Gasteiger partial charge in [-0.25, -0.2) is 4.98 Å². The molecule has 0 amide bonds. The van der Waals surface area contributed by atoms with E-state index in [2.05, 4.69) is 21.3 Å². The zero-order valence-electron chi connectivity index (χ0n) is 14.7. The Hall–Kier alpha value is -2.60. The molecule has 1 saturated heterocycles. The molecule has 0 spiro atoms. The van der Waals surface area contributed by atoms with E-state index in [4.69, 9.17) is 21.9 Å². The third-order valence-electron chi connectivity index (χ3n) is 4.85. The highest BCUT2D eigenvalue weighted by Crippen LogP contribution is 2.28. The SMILES string of the molecule is COc1ccccc1NC(=S)N1CCC[C@H](c2nc3ccccc3[nH]2)C1. The van der Waals surface area contributed by atoms with Crippen molar-refractivity contribution in [1.29, 1.82) is 0 Å². The van der Waals surface area contributed by atoms with E-state index in [9.17, 15) is 0 Å². The van der Waals surface area contributed by atoms with E-state index < -0.39 is 0 Å². The van der Waals surface area contributed by atoms with E-state index in [1.807, 2.05) is 42.5 Å². The fourth-order valence-electron chi connectivity index (χ4n) is 3.49. The van der Waals surface area contributed by atoms with Crippen LogP contribution in [0.2, 0.25) is 0 Å². The number of imidazole rings is 1. The molecule has 134 valence electrons. The number of nitrogens with one attached hydrogen (secondary N) is 2. The number of hydrogen-bond donors (Lipinski definition) is 2. The molecular weight excluding hydrogens is 344 g/mol. The van der Waals surface area contributed by atoms with Crippen LogP contribution in [0.15, 0.2) is 48.5 Å². The number of H-pyrrole nitrogens is 1. The van der Waals surface area contributed by atoms with Crippen molar-refractivity contribution in [3.8, 4) is 5.75 Å². The molecule has 26 heavy (non-hydrogen) atoms. The van der Waals surface area contributed by atoms with Gasteiger partial charge in [-0.2, -0.15) is 0 Å². The summed E-state index contributed by atoms with van der Waals surface area (Å²) < 4.78 is 5.40. The van der Waals surface area contributed by atoms with Crippen LogP contribution < -0.4 is 10.1 Å². The van der Waals surface area contributed by atoms with Crippen molar-refractivity contribution in [3.63, 3.8) is 0 Å². The molecule has 3 aromatic rings. The quantitative estimate of drug-likeness (QED) is 0.682. The average molecular weight is 366 g/mol. The number of nitrogens with zero attached hydrogens (tertiary/aromatic N) is 2. The van der Waals surface area contributed by atoms with Crippen LogP contribution in [-0.4, -0.2) is 40.2 Å². The molecular formula is C20H22N4OS. The number of para-hydroxylation sites is 4. The molecule has 2 N–H and O–H groups in total. The summed E-state index contributed by atoms with van der Waals surface area (Å²) in [4.78, 5) is 10.5. The zero-order chi connectivity index (χ0) is 17.9.